The Kier molecular flexibility index (Phi) is 4.18. The summed E-state index contributed by atoms with van der Waals surface area (Å²) in [6, 6.07) is 4.30. The van der Waals surface area contributed by atoms with Crippen molar-refractivity contribution in [2.75, 3.05) is 11.9 Å². The third kappa shape index (κ3) is 3.40. The van der Waals surface area contributed by atoms with Crippen LogP contribution in [0, 0.1) is 21.4 Å². The highest BCUT2D eigenvalue weighted by Crippen LogP contribution is 2.18. The van der Waals surface area contributed by atoms with Gasteiger partial charge in [-0.1, -0.05) is 6.92 Å². The number of nitriles is 1. The van der Waals surface area contributed by atoms with Crippen molar-refractivity contribution in [1.82, 2.24) is 4.98 Å². The molecule has 1 heterocycles. The van der Waals surface area contributed by atoms with E-state index >= 15 is 0 Å². The number of rotatable bonds is 5. The first-order valence-electron chi connectivity index (χ1n) is 5.41. The summed E-state index contributed by atoms with van der Waals surface area (Å²) in [5, 5.41) is 32.0. The minimum Gasteiger partial charge on any atom is -0.388 e. The minimum atomic E-state index is -0.893. The number of aromatic nitrogens is 1. The molecular formula is C11H14N4O3. The third-order valence-corrected chi connectivity index (χ3v) is 2.59. The maximum Gasteiger partial charge on any atom is 0.305 e. The summed E-state index contributed by atoms with van der Waals surface area (Å²) >= 11 is 0. The molecule has 0 spiro atoms. The summed E-state index contributed by atoms with van der Waals surface area (Å²) < 4.78 is 0. The van der Waals surface area contributed by atoms with Gasteiger partial charge in [-0.15, -0.1) is 0 Å². The predicted molar refractivity (Wildman–Crippen MR) is 65.0 cm³/mol. The quantitative estimate of drug-likeness (QED) is 0.604. The maximum absolute atomic E-state index is 10.6. The number of nitro groups is 1. The van der Waals surface area contributed by atoms with Crippen molar-refractivity contribution in [1.29, 1.82) is 5.26 Å². The van der Waals surface area contributed by atoms with E-state index in [0.717, 1.165) is 0 Å². The van der Waals surface area contributed by atoms with Gasteiger partial charge in [0.2, 0.25) is 5.69 Å². The van der Waals surface area contributed by atoms with Gasteiger partial charge in [0.1, 0.15) is 11.9 Å². The number of hydrogen-bond donors (Lipinski definition) is 2. The molecule has 0 saturated heterocycles. The molecular weight excluding hydrogens is 236 g/mol. The van der Waals surface area contributed by atoms with Gasteiger partial charge in [-0.05, 0) is 19.4 Å². The third-order valence-electron chi connectivity index (χ3n) is 2.59. The normalized spacial score (nSPS) is 13.4. The van der Waals surface area contributed by atoms with Crippen LogP contribution in [0.2, 0.25) is 0 Å². The van der Waals surface area contributed by atoms with Gasteiger partial charge in [0.25, 0.3) is 0 Å². The average Bonchev–Trinajstić information content (AvgIpc) is 2.36. The molecule has 0 fully saturated rings. The van der Waals surface area contributed by atoms with E-state index in [-0.39, 0.29) is 17.9 Å². The van der Waals surface area contributed by atoms with E-state index in [9.17, 15) is 15.2 Å². The molecule has 1 atom stereocenters. The largest absolute Gasteiger partial charge is 0.388 e. The van der Waals surface area contributed by atoms with Gasteiger partial charge in [-0.3, -0.25) is 10.1 Å². The molecule has 0 amide bonds. The van der Waals surface area contributed by atoms with E-state index in [0.29, 0.717) is 12.2 Å². The molecule has 7 nitrogen and oxygen atoms in total. The van der Waals surface area contributed by atoms with Gasteiger partial charge < -0.3 is 10.4 Å². The van der Waals surface area contributed by atoms with Crippen molar-refractivity contribution < 1.29 is 10.0 Å². The van der Waals surface area contributed by atoms with Crippen molar-refractivity contribution in [2.24, 2.45) is 0 Å². The first-order valence-corrected chi connectivity index (χ1v) is 5.41. The summed E-state index contributed by atoms with van der Waals surface area (Å²) in [6.07, 6.45) is 0.554. The van der Waals surface area contributed by atoms with Crippen LogP contribution in [0.1, 0.15) is 26.0 Å². The Bertz CT molecular complexity index is 494. The first kappa shape index (κ1) is 13.9. The molecule has 1 rings (SSSR count). The molecule has 0 aliphatic rings. The lowest BCUT2D eigenvalue weighted by molar-refractivity contribution is -0.385. The van der Waals surface area contributed by atoms with Crippen molar-refractivity contribution in [3.8, 4) is 6.07 Å². The van der Waals surface area contributed by atoms with Crippen molar-refractivity contribution in [2.45, 2.75) is 25.9 Å². The molecule has 1 aromatic heterocycles. The lowest BCUT2D eigenvalue weighted by Crippen LogP contribution is -2.32. The Morgan fingerprint density at radius 3 is 2.83 bits per heavy atom. The van der Waals surface area contributed by atoms with E-state index in [4.69, 9.17) is 5.26 Å². The van der Waals surface area contributed by atoms with E-state index in [2.05, 4.69) is 10.3 Å². The lowest BCUT2D eigenvalue weighted by atomic mass is 10.0. The SMILES string of the molecule is CCC(C)(O)CNc1ccc([N+](=O)[O-])c(C#N)n1. The number of nitrogens with one attached hydrogen (secondary N) is 1. The van der Waals surface area contributed by atoms with Crippen LogP contribution in [0.25, 0.3) is 0 Å². The second kappa shape index (κ2) is 5.42. The van der Waals surface area contributed by atoms with Crippen LogP contribution in [0.4, 0.5) is 11.5 Å². The van der Waals surface area contributed by atoms with Crippen LogP contribution in [-0.2, 0) is 0 Å². The molecule has 18 heavy (non-hydrogen) atoms. The molecule has 96 valence electrons. The van der Waals surface area contributed by atoms with Crippen molar-refractivity contribution in [3.63, 3.8) is 0 Å². The molecule has 1 aromatic rings. The highest BCUT2D eigenvalue weighted by molar-refractivity contribution is 5.50. The molecule has 0 bridgehead atoms. The second-order valence-electron chi connectivity index (χ2n) is 4.14. The van der Waals surface area contributed by atoms with E-state index in [1.165, 1.54) is 12.1 Å². The summed E-state index contributed by atoms with van der Waals surface area (Å²) in [5.74, 6) is 0.325. The zero-order valence-electron chi connectivity index (χ0n) is 10.2. The summed E-state index contributed by atoms with van der Waals surface area (Å²) in [6.45, 7) is 3.75. The van der Waals surface area contributed by atoms with Gasteiger partial charge in [0.15, 0.2) is 0 Å². The van der Waals surface area contributed by atoms with Gasteiger partial charge in [-0.25, -0.2) is 4.98 Å². The smallest absolute Gasteiger partial charge is 0.305 e. The zero-order chi connectivity index (χ0) is 13.8. The highest BCUT2D eigenvalue weighted by atomic mass is 16.6. The van der Waals surface area contributed by atoms with Crippen LogP contribution >= 0.6 is 0 Å². The van der Waals surface area contributed by atoms with Gasteiger partial charge in [0.05, 0.1) is 10.5 Å². The Morgan fingerprint density at radius 1 is 1.67 bits per heavy atom. The average molecular weight is 250 g/mol. The highest BCUT2D eigenvalue weighted by Gasteiger charge is 2.19. The number of pyridine rings is 1. The predicted octanol–water partition coefficient (Wildman–Crippen LogP) is 1.43. The fourth-order valence-corrected chi connectivity index (χ4v) is 1.19. The number of aliphatic hydroxyl groups is 1. The van der Waals surface area contributed by atoms with Crippen LogP contribution in [-0.4, -0.2) is 27.2 Å². The Labute approximate surface area is 104 Å². The van der Waals surface area contributed by atoms with Crippen molar-refractivity contribution in [3.05, 3.63) is 27.9 Å². The molecule has 0 aliphatic carbocycles. The van der Waals surface area contributed by atoms with E-state index < -0.39 is 10.5 Å². The van der Waals surface area contributed by atoms with Crippen molar-refractivity contribution >= 4 is 11.5 Å². The molecule has 1 unspecified atom stereocenters. The van der Waals surface area contributed by atoms with Crippen LogP contribution < -0.4 is 5.32 Å². The van der Waals surface area contributed by atoms with Gasteiger partial charge in [0, 0.05) is 12.6 Å². The lowest BCUT2D eigenvalue weighted by Gasteiger charge is -2.21. The first-order chi connectivity index (χ1) is 8.39. The summed E-state index contributed by atoms with van der Waals surface area (Å²) in [5.41, 5.74) is -1.47. The monoisotopic (exact) mass is 250 g/mol. The topological polar surface area (TPSA) is 112 Å². The molecule has 0 radical (unpaired) electrons. The van der Waals surface area contributed by atoms with Crippen LogP contribution in [0.15, 0.2) is 12.1 Å². The van der Waals surface area contributed by atoms with Gasteiger partial charge in [-0.2, -0.15) is 5.26 Å². The summed E-state index contributed by atoms with van der Waals surface area (Å²) in [4.78, 5) is 13.8. The second-order valence-corrected chi connectivity index (χ2v) is 4.14. The molecule has 2 N–H and O–H groups in total. The van der Waals surface area contributed by atoms with Crippen LogP contribution in [0.5, 0.6) is 0 Å². The van der Waals surface area contributed by atoms with Gasteiger partial charge >= 0.3 is 5.69 Å². The van der Waals surface area contributed by atoms with E-state index in [1.807, 2.05) is 6.92 Å². The fraction of sp³-hybridized carbons (Fsp3) is 0.455. The number of anilines is 1. The Balaban J connectivity index is 2.88. The standard InChI is InChI=1S/C11H14N4O3/c1-3-11(2,16)7-13-10-5-4-9(15(17)18)8(6-12)14-10/h4-5,16H,3,7H2,1-2H3,(H,13,14). The maximum atomic E-state index is 10.6. The molecule has 7 heteroatoms. The fourth-order valence-electron chi connectivity index (χ4n) is 1.19. The Morgan fingerprint density at radius 2 is 2.33 bits per heavy atom. The number of nitrogens with zero attached hydrogens (tertiary/aromatic N) is 3. The van der Waals surface area contributed by atoms with E-state index in [1.54, 1.807) is 13.0 Å². The molecule has 0 saturated carbocycles. The Hall–Kier alpha value is -2.20. The van der Waals surface area contributed by atoms with Crippen LogP contribution in [0.3, 0.4) is 0 Å². The molecule has 0 aromatic carbocycles. The minimum absolute atomic E-state index is 0.249. The zero-order valence-corrected chi connectivity index (χ0v) is 10.2. The number of hydrogen-bond acceptors (Lipinski definition) is 6. The molecule has 0 aliphatic heterocycles. The summed E-state index contributed by atoms with van der Waals surface area (Å²) in [7, 11) is 0.